The molecule has 8 heteroatoms. The summed E-state index contributed by atoms with van der Waals surface area (Å²) in [6, 6.07) is 0. The van der Waals surface area contributed by atoms with Crippen LogP contribution >= 0.6 is 0 Å². The third kappa shape index (κ3) is 1.53. The molecule has 0 spiro atoms. The second-order valence-electron chi connectivity index (χ2n) is 2.25. The third-order valence-electron chi connectivity index (χ3n) is 1.45. The van der Waals surface area contributed by atoms with Crippen molar-refractivity contribution < 1.29 is 34.3 Å². The topological polar surface area (TPSA) is 114 Å². The molecule has 0 aliphatic heterocycles. The van der Waals surface area contributed by atoms with Crippen molar-refractivity contribution in [2.24, 2.45) is 0 Å². The summed E-state index contributed by atoms with van der Waals surface area (Å²) in [5.41, 5.74) is 4.81. The first kappa shape index (κ1) is 10.0. The van der Waals surface area contributed by atoms with E-state index in [4.69, 9.17) is 5.73 Å². The standard InChI is InChI=1S/C5H5N5O2.Na/c6-5-8-3-2(4(11)9-5)10(12)1-7-3;/h1H,(H4,6,7,8,9,11);/q;+1. The minimum Gasteiger partial charge on any atom is -0.710 e. The zero-order valence-corrected chi connectivity index (χ0v) is 8.87. The molecule has 0 atom stereocenters. The van der Waals surface area contributed by atoms with E-state index in [0.717, 1.165) is 6.33 Å². The summed E-state index contributed by atoms with van der Waals surface area (Å²) < 4.78 is 0.403. The number of nitrogens with one attached hydrogen (secondary N) is 2. The summed E-state index contributed by atoms with van der Waals surface area (Å²) >= 11 is 0. The van der Waals surface area contributed by atoms with Crippen LogP contribution in [0.4, 0.5) is 5.95 Å². The van der Waals surface area contributed by atoms with Gasteiger partial charge in [-0.25, -0.2) is 9.71 Å². The van der Waals surface area contributed by atoms with Crippen LogP contribution in [0.25, 0.3) is 11.2 Å². The molecule has 0 fully saturated rings. The first-order valence-electron chi connectivity index (χ1n) is 3.14. The molecule has 2 aromatic rings. The Bertz CT molecular complexity index is 489. The van der Waals surface area contributed by atoms with Crippen molar-refractivity contribution in [1.29, 1.82) is 0 Å². The predicted octanol–water partition coefficient (Wildman–Crippen LogP) is -4.53. The van der Waals surface area contributed by atoms with Crippen LogP contribution in [0.2, 0.25) is 0 Å². The van der Waals surface area contributed by atoms with E-state index in [2.05, 4.69) is 15.0 Å². The van der Waals surface area contributed by atoms with Gasteiger partial charge < -0.3 is 10.9 Å². The molecule has 2 rings (SSSR count). The Hall–Kier alpha value is -1.05. The molecule has 7 nitrogen and oxygen atoms in total. The summed E-state index contributed by atoms with van der Waals surface area (Å²) in [6.45, 7) is 0. The fourth-order valence-electron chi connectivity index (χ4n) is 0.974. The number of imidazole rings is 1. The first-order valence-corrected chi connectivity index (χ1v) is 3.14. The maximum absolute atomic E-state index is 11.1. The molecule has 0 unspecified atom stereocenters. The van der Waals surface area contributed by atoms with Crippen LogP contribution in [-0.2, 0) is 0 Å². The molecular weight excluding hydrogens is 185 g/mol. The quantitative estimate of drug-likeness (QED) is 0.220. The van der Waals surface area contributed by atoms with Gasteiger partial charge in [0.1, 0.15) is 0 Å². The molecule has 62 valence electrons. The Kier molecular flexibility index (Phi) is 2.60. The van der Waals surface area contributed by atoms with Gasteiger partial charge in [-0.3, -0.25) is 9.78 Å². The van der Waals surface area contributed by atoms with Crippen LogP contribution in [0.3, 0.4) is 0 Å². The van der Waals surface area contributed by atoms with E-state index in [1.807, 2.05) is 0 Å². The van der Waals surface area contributed by atoms with Crippen LogP contribution in [-0.4, -0.2) is 15.0 Å². The molecule has 0 amide bonds. The van der Waals surface area contributed by atoms with Crippen LogP contribution in [0.15, 0.2) is 11.1 Å². The Balaban J connectivity index is 0.000000845. The summed E-state index contributed by atoms with van der Waals surface area (Å²) in [5.74, 6) is -0.0186. The van der Waals surface area contributed by atoms with Gasteiger partial charge in [0.2, 0.25) is 12.3 Å². The SMILES string of the molecule is Nc1nc2[nH]c[n+]([O-])c2c(=O)[nH]1.[Na+]. The van der Waals surface area contributed by atoms with Crippen molar-refractivity contribution >= 4 is 17.1 Å². The van der Waals surface area contributed by atoms with E-state index >= 15 is 0 Å². The molecule has 0 aliphatic carbocycles. The van der Waals surface area contributed by atoms with Crippen LogP contribution < -0.4 is 45.6 Å². The number of anilines is 1. The van der Waals surface area contributed by atoms with Crippen molar-refractivity contribution in [1.82, 2.24) is 15.0 Å². The number of nitrogens with zero attached hydrogens (tertiary/aromatic N) is 2. The van der Waals surface area contributed by atoms with E-state index in [9.17, 15) is 10.0 Å². The molecule has 0 saturated carbocycles. The second kappa shape index (κ2) is 3.36. The molecule has 2 aromatic heterocycles. The van der Waals surface area contributed by atoms with Crippen LogP contribution in [0.5, 0.6) is 0 Å². The van der Waals surface area contributed by atoms with Crippen LogP contribution in [0.1, 0.15) is 0 Å². The summed E-state index contributed by atoms with van der Waals surface area (Å²) in [7, 11) is 0. The maximum Gasteiger partial charge on any atom is 1.00 e. The van der Waals surface area contributed by atoms with Crippen molar-refractivity contribution in [3.63, 3.8) is 0 Å². The molecule has 0 aromatic carbocycles. The molecular formula is C5H5N5NaO2+. The number of H-pyrrole nitrogens is 2. The van der Waals surface area contributed by atoms with Gasteiger partial charge in [0.15, 0.2) is 0 Å². The van der Waals surface area contributed by atoms with Crippen molar-refractivity contribution in [2.75, 3.05) is 5.73 Å². The van der Waals surface area contributed by atoms with Gasteiger partial charge in [-0.15, -0.1) is 0 Å². The van der Waals surface area contributed by atoms with Gasteiger partial charge in [-0.2, -0.15) is 4.98 Å². The zero-order chi connectivity index (χ0) is 8.72. The normalized spacial score (nSPS) is 9.85. The van der Waals surface area contributed by atoms with Gasteiger partial charge in [0.05, 0.1) is 0 Å². The fraction of sp³-hybridized carbons (Fsp3) is 0. The summed E-state index contributed by atoms with van der Waals surface area (Å²) in [4.78, 5) is 19.5. The Morgan fingerprint density at radius 2 is 2.31 bits per heavy atom. The fourth-order valence-corrected chi connectivity index (χ4v) is 0.974. The average molecular weight is 190 g/mol. The first-order chi connectivity index (χ1) is 5.68. The van der Waals surface area contributed by atoms with E-state index in [-0.39, 0.29) is 46.7 Å². The average Bonchev–Trinajstić information content (AvgIpc) is 2.31. The Morgan fingerprint density at radius 1 is 1.62 bits per heavy atom. The minimum absolute atomic E-state index is 0. The van der Waals surface area contributed by atoms with Gasteiger partial charge in [-0.05, 0) is 0 Å². The monoisotopic (exact) mass is 190 g/mol. The number of fused-ring (bicyclic) bond motifs is 1. The Morgan fingerprint density at radius 3 is 3.00 bits per heavy atom. The molecule has 13 heavy (non-hydrogen) atoms. The number of rotatable bonds is 0. The smallest absolute Gasteiger partial charge is 0.710 e. The number of aromatic nitrogens is 4. The third-order valence-corrected chi connectivity index (χ3v) is 1.45. The number of nitrogen functional groups attached to an aromatic ring is 1. The van der Waals surface area contributed by atoms with Crippen molar-refractivity contribution in [2.45, 2.75) is 0 Å². The number of hydrogen-bond donors (Lipinski definition) is 3. The van der Waals surface area contributed by atoms with Gasteiger partial charge in [0, 0.05) is 0 Å². The number of nitrogens with two attached hydrogens (primary N) is 1. The van der Waals surface area contributed by atoms with E-state index in [1.165, 1.54) is 0 Å². The van der Waals surface area contributed by atoms with E-state index < -0.39 is 5.56 Å². The summed E-state index contributed by atoms with van der Waals surface area (Å²) in [5, 5.41) is 10.9. The Labute approximate surface area is 93.9 Å². The second-order valence-corrected chi connectivity index (χ2v) is 2.25. The minimum atomic E-state index is -0.547. The van der Waals surface area contributed by atoms with E-state index in [1.54, 1.807) is 0 Å². The largest absolute Gasteiger partial charge is 1.00 e. The van der Waals surface area contributed by atoms with Gasteiger partial charge in [-0.1, -0.05) is 0 Å². The number of aromatic amines is 2. The molecule has 0 radical (unpaired) electrons. The molecule has 0 saturated heterocycles. The van der Waals surface area contributed by atoms with Gasteiger partial charge >= 0.3 is 35.1 Å². The molecule has 4 N–H and O–H groups in total. The van der Waals surface area contributed by atoms with Crippen molar-refractivity contribution in [3.8, 4) is 0 Å². The van der Waals surface area contributed by atoms with Gasteiger partial charge in [0.25, 0.3) is 11.2 Å². The zero-order valence-electron chi connectivity index (χ0n) is 6.87. The predicted molar refractivity (Wildman–Crippen MR) is 40.1 cm³/mol. The molecule has 2 heterocycles. The maximum atomic E-state index is 11.1. The molecule has 0 bridgehead atoms. The number of hydrogen-bond acceptors (Lipinski definition) is 4. The molecule has 0 aliphatic rings. The van der Waals surface area contributed by atoms with Crippen LogP contribution in [0, 0.1) is 5.21 Å². The summed E-state index contributed by atoms with van der Waals surface area (Å²) in [6.07, 6.45) is 1.09. The van der Waals surface area contributed by atoms with E-state index in [0.29, 0.717) is 4.73 Å². The van der Waals surface area contributed by atoms with Crippen molar-refractivity contribution in [3.05, 3.63) is 21.9 Å².